The van der Waals surface area contributed by atoms with E-state index < -0.39 is 12.4 Å². The Morgan fingerprint density at radius 3 is 1.50 bits per heavy atom. The lowest BCUT2D eigenvalue weighted by molar-refractivity contribution is -0.268. The molecule has 166 valence electrons. The highest BCUT2D eigenvalue weighted by Crippen LogP contribution is 2.35. The van der Waals surface area contributed by atoms with Crippen LogP contribution in [0, 0.1) is 0 Å². The number of hydrogen-bond acceptors (Lipinski definition) is 5. The molecule has 0 aromatic heterocycles. The summed E-state index contributed by atoms with van der Waals surface area (Å²) in [5, 5.41) is 0. The molecule has 5 heteroatoms. The Morgan fingerprint density at radius 2 is 1.00 bits per heavy atom. The smallest absolute Gasteiger partial charge is 0.187 e. The van der Waals surface area contributed by atoms with Crippen LogP contribution in [0.3, 0.4) is 0 Å². The van der Waals surface area contributed by atoms with Crippen molar-refractivity contribution in [1.29, 1.82) is 0 Å². The Labute approximate surface area is 188 Å². The van der Waals surface area contributed by atoms with E-state index in [4.69, 9.17) is 23.7 Å². The van der Waals surface area contributed by atoms with Crippen LogP contribution in [0.25, 0.3) is 0 Å². The largest absolute Gasteiger partial charge is 0.368 e. The molecular weight excluding hydrogens is 404 g/mol. The molecule has 3 aromatic rings. The summed E-state index contributed by atoms with van der Waals surface area (Å²) in [5.74, 6) is 0. The van der Waals surface area contributed by atoms with Crippen molar-refractivity contribution >= 4 is 0 Å². The fourth-order valence-electron chi connectivity index (χ4n) is 4.20. The molecule has 0 aliphatic carbocycles. The van der Waals surface area contributed by atoms with Crippen molar-refractivity contribution in [2.24, 2.45) is 0 Å². The van der Waals surface area contributed by atoms with Crippen LogP contribution in [0.5, 0.6) is 0 Å². The second kappa shape index (κ2) is 10.4. The quantitative estimate of drug-likeness (QED) is 0.498. The number of benzene rings is 3. The van der Waals surface area contributed by atoms with E-state index in [-0.39, 0.29) is 18.3 Å². The van der Waals surface area contributed by atoms with Gasteiger partial charge in [-0.2, -0.15) is 0 Å². The minimum atomic E-state index is -0.457. The molecule has 0 amide bonds. The fourth-order valence-corrected chi connectivity index (χ4v) is 4.20. The number of hydrogen-bond donors (Lipinski definition) is 0. The highest BCUT2D eigenvalue weighted by molar-refractivity contribution is 5.15. The number of fused-ring (bicyclic) bond motifs is 2. The second-order valence-corrected chi connectivity index (χ2v) is 8.16. The van der Waals surface area contributed by atoms with Crippen molar-refractivity contribution in [1.82, 2.24) is 0 Å². The van der Waals surface area contributed by atoms with E-state index in [1.807, 2.05) is 66.7 Å². The summed E-state index contributed by atoms with van der Waals surface area (Å²) in [4.78, 5) is 0. The molecule has 0 spiro atoms. The molecule has 2 aliphatic rings. The first kappa shape index (κ1) is 21.3. The van der Waals surface area contributed by atoms with E-state index >= 15 is 0 Å². The van der Waals surface area contributed by atoms with Gasteiger partial charge in [-0.3, -0.25) is 0 Å². The van der Waals surface area contributed by atoms with Gasteiger partial charge in [0.05, 0.1) is 26.4 Å². The Bertz CT molecular complexity index is 892. The maximum atomic E-state index is 6.44. The molecule has 3 aromatic carbocycles. The van der Waals surface area contributed by atoms with Crippen molar-refractivity contribution in [3.05, 3.63) is 108 Å². The van der Waals surface area contributed by atoms with Gasteiger partial charge in [0, 0.05) is 0 Å². The monoisotopic (exact) mass is 432 g/mol. The van der Waals surface area contributed by atoms with Crippen LogP contribution in [0.2, 0.25) is 0 Å². The molecule has 5 rings (SSSR count). The summed E-state index contributed by atoms with van der Waals surface area (Å²) in [5.41, 5.74) is 3.31. The fraction of sp³-hybridized carbons (Fsp3) is 0.333. The van der Waals surface area contributed by atoms with Gasteiger partial charge in [0.1, 0.15) is 24.4 Å². The van der Waals surface area contributed by atoms with Crippen molar-refractivity contribution < 1.29 is 23.7 Å². The third-order valence-electron chi connectivity index (χ3n) is 5.87. The maximum Gasteiger partial charge on any atom is 0.187 e. The molecule has 32 heavy (non-hydrogen) atoms. The van der Waals surface area contributed by atoms with Crippen LogP contribution in [-0.2, 0) is 43.5 Å². The number of rotatable bonds is 9. The molecule has 2 bridgehead atoms. The van der Waals surface area contributed by atoms with Crippen LogP contribution >= 0.6 is 0 Å². The molecule has 2 fully saturated rings. The topological polar surface area (TPSA) is 46.2 Å². The average molecular weight is 433 g/mol. The molecule has 5 atom stereocenters. The first-order valence-corrected chi connectivity index (χ1v) is 11.1. The van der Waals surface area contributed by atoms with Gasteiger partial charge in [0.15, 0.2) is 6.29 Å². The van der Waals surface area contributed by atoms with Crippen LogP contribution in [-0.4, -0.2) is 37.3 Å². The van der Waals surface area contributed by atoms with Crippen molar-refractivity contribution in [2.45, 2.75) is 50.5 Å². The predicted molar refractivity (Wildman–Crippen MR) is 120 cm³/mol. The summed E-state index contributed by atoms with van der Waals surface area (Å²) in [6, 6.07) is 30.4. The van der Waals surface area contributed by atoms with Gasteiger partial charge in [-0.05, 0) is 16.7 Å². The lowest BCUT2D eigenvalue weighted by Crippen LogP contribution is -2.56. The zero-order valence-electron chi connectivity index (χ0n) is 17.9. The molecule has 2 heterocycles. The molecule has 2 unspecified atom stereocenters. The normalized spacial score (nSPS) is 26.8. The lowest BCUT2D eigenvalue weighted by atomic mass is 10.00. The molecular formula is C27H28O5. The zero-order chi connectivity index (χ0) is 21.6. The van der Waals surface area contributed by atoms with Gasteiger partial charge in [0.2, 0.25) is 0 Å². The average Bonchev–Trinajstić information content (AvgIpc) is 3.29. The number of ether oxygens (including phenoxy) is 5. The Morgan fingerprint density at radius 1 is 0.562 bits per heavy atom. The van der Waals surface area contributed by atoms with Gasteiger partial charge >= 0.3 is 0 Å². The zero-order valence-corrected chi connectivity index (χ0v) is 17.9. The first-order chi connectivity index (χ1) is 15.9. The lowest BCUT2D eigenvalue weighted by Gasteiger charge is -2.40. The molecule has 0 saturated carbocycles. The van der Waals surface area contributed by atoms with Crippen molar-refractivity contribution in [3.63, 3.8) is 0 Å². The third kappa shape index (κ3) is 5.09. The minimum absolute atomic E-state index is 0.180. The summed E-state index contributed by atoms with van der Waals surface area (Å²) in [6.45, 7) is 1.88. The summed E-state index contributed by atoms with van der Waals surface area (Å²) in [6.07, 6.45) is -1.63. The Kier molecular flexibility index (Phi) is 6.92. The van der Waals surface area contributed by atoms with Crippen molar-refractivity contribution in [2.75, 3.05) is 6.61 Å². The van der Waals surface area contributed by atoms with E-state index in [0.717, 1.165) is 16.7 Å². The highest BCUT2D eigenvalue weighted by Gasteiger charge is 2.52. The Hall–Kier alpha value is -2.54. The highest BCUT2D eigenvalue weighted by atomic mass is 16.8. The van der Waals surface area contributed by atoms with Gasteiger partial charge < -0.3 is 23.7 Å². The summed E-state index contributed by atoms with van der Waals surface area (Å²) < 4.78 is 31.2. The van der Waals surface area contributed by atoms with Crippen molar-refractivity contribution in [3.8, 4) is 0 Å². The molecule has 0 N–H and O–H groups in total. The van der Waals surface area contributed by atoms with E-state index in [0.29, 0.717) is 26.4 Å². The molecule has 2 saturated heterocycles. The van der Waals surface area contributed by atoms with Gasteiger partial charge in [-0.15, -0.1) is 0 Å². The van der Waals surface area contributed by atoms with E-state index in [9.17, 15) is 0 Å². The maximum absolute atomic E-state index is 6.44. The standard InChI is InChI=1S/C27H28O5/c1-4-10-20(11-5-1)16-28-24-23-19-31-27(32-23)26(30-18-22-14-8-3-9-15-22)25(24)29-17-21-12-6-2-7-13-21/h1-15,23-27H,16-19H2/t23?,24-,25?,26-,27-/m0/s1. The van der Waals surface area contributed by atoms with Gasteiger partial charge in [0.25, 0.3) is 0 Å². The van der Waals surface area contributed by atoms with Crippen LogP contribution in [0.4, 0.5) is 0 Å². The summed E-state index contributed by atoms with van der Waals surface area (Å²) in [7, 11) is 0. The SMILES string of the molecule is c1ccc(COC2[C@@H](OCc3ccccc3)C3CO[C@@H](O3)[C@H]2OCc2ccccc2)cc1. The van der Waals surface area contributed by atoms with Gasteiger partial charge in [-0.1, -0.05) is 91.0 Å². The van der Waals surface area contributed by atoms with Crippen LogP contribution in [0.1, 0.15) is 16.7 Å². The molecule has 2 aliphatic heterocycles. The van der Waals surface area contributed by atoms with Crippen LogP contribution < -0.4 is 0 Å². The van der Waals surface area contributed by atoms with E-state index in [2.05, 4.69) is 24.3 Å². The van der Waals surface area contributed by atoms with E-state index in [1.54, 1.807) is 0 Å². The first-order valence-electron chi connectivity index (χ1n) is 11.1. The predicted octanol–water partition coefficient (Wildman–Crippen LogP) is 4.50. The third-order valence-corrected chi connectivity index (χ3v) is 5.87. The Balaban J connectivity index is 1.33. The molecule has 5 nitrogen and oxygen atoms in total. The van der Waals surface area contributed by atoms with Crippen LogP contribution in [0.15, 0.2) is 91.0 Å². The summed E-state index contributed by atoms with van der Waals surface area (Å²) >= 11 is 0. The molecule has 0 radical (unpaired) electrons. The minimum Gasteiger partial charge on any atom is -0.368 e. The second-order valence-electron chi connectivity index (χ2n) is 8.16. The van der Waals surface area contributed by atoms with Gasteiger partial charge in [-0.25, -0.2) is 0 Å². The van der Waals surface area contributed by atoms with E-state index in [1.165, 1.54) is 0 Å².